The van der Waals surface area contributed by atoms with Gasteiger partial charge in [0.25, 0.3) is 5.56 Å². The largest absolute Gasteiger partial charge is 0.511 e. The molecule has 0 unspecified atom stereocenters. The molecule has 0 atom stereocenters. The van der Waals surface area contributed by atoms with Gasteiger partial charge in [0.2, 0.25) is 0 Å². The van der Waals surface area contributed by atoms with E-state index in [1.807, 2.05) is 24.3 Å². The van der Waals surface area contributed by atoms with Gasteiger partial charge in [0.1, 0.15) is 16.8 Å². The first-order chi connectivity index (χ1) is 12.4. The Kier molecular flexibility index (Phi) is 5.15. The summed E-state index contributed by atoms with van der Waals surface area (Å²) in [7, 11) is 1.55. The van der Waals surface area contributed by atoms with Gasteiger partial charge in [-0.3, -0.25) is 14.2 Å². The minimum atomic E-state index is -0.290. The van der Waals surface area contributed by atoms with Crippen LogP contribution in [0.4, 0.5) is 0 Å². The van der Waals surface area contributed by atoms with Crippen LogP contribution in [0.5, 0.6) is 0 Å². The first kappa shape index (κ1) is 18.2. The predicted molar refractivity (Wildman–Crippen MR) is 102 cm³/mol. The number of ketones is 1. The fourth-order valence-corrected chi connectivity index (χ4v) is 3.62. The lowest BCUT2D eigenvalue weighted by Gasteiger charge is -2.12. The number of aliphatic hydroxyl groups excluding tert-OH is 1. The molecule has 2 N–H and O–H groups in total. The van der Waals surface area contributed by atoms with Crippen molar-refractivity contribution in [3.8, 4) is 0 Å². The fraction of sp³-hybridized carbons (Fsp3) is 0.278. The maximum atomic E-state index is 13.0. The molecule has 0 radical (unpaired) electrons. The molecule has 0 aliphatic rings. The number of methoxy groups -OCH3 is 1. The highest BCUT2D eigenvalue weighted by molar-refractivity contribution is 8.03. The van der Waals surface area contributed by atoms with E-state index in [1.54, 1.807) is 7.11 Å². The number of nitrogens with one attached hydrogen (secondary N) is 1. The van der Waals surface area contributed by atoms with E-state index in [0.717, 1.165) is 22.7 Å². The second-order valence-electron chi connectivity index (χ2n) is 5.81. The lowest BCUT2D eigenvalue weighted by Crippen LogP contribution is -2.25. The number of thioether (sulfide) groups is 1. The second kappa shape index (κ2) is 7.35. The number of Topliss-reactive ketones (excluding diaryl/α,β-unsaturated/α-hetero) is 1. The van der Waals surface area contributed by atoms with Crippen molar-refractivity contribution in [2.24, 2.45) is 0 Å². The molecule has 3 rings (SSSR count). The van der Waals surface area contributed by atoms with Crippen molar-refractivity contribution in [2.75, 3.05) is 13.7 Å². The summed E-state index contributed by atoms with van der Waals surface area (Å²) >= 11 is 0.985. The number of H-pyrrole nitrogens is 1. The van der Waals surface area contributed by atoms with Gasteiger partial charge in [0.05, 0.1) is 18.1 Å². The number of rotatable bonds is 6. The fourth-order valence-electron chi connectivity index (χ4n) is 2.73. The van der Waals surface area contributed by atoms with Crippen LogP contribution in [0.25, 0.3) is 21.9 Å². The quantitative estimate of drug-likeness (QED) is 0.298. The summed E-state index contributed by atoms with van der Waals surface area (Å²) in [5, 5.41) is 11.0. The lowest BCUT2D eigenvalue weighted by atomic mass is 10.2. The van der Waals surface area contributed by atoms with E-state index in [2.05, 4.69) is 9.97 Å². The summed E-state index contributed by atoms with van der Waals surface area (Å²) in [6, 6.07) is 7.51. The van der Waals surface area contributed by atoms with Crippen molar-refractivity contribution in [1.82, 2.24) is 14.5 Å². The third-order valence-corrected chi connectivity index (χ3v) is 5.22. The Balaban J connectivity index is 2.27. The molecule has 3 aromatic rings. The van der Waals surface area contributed by atoms with Crippen LogP contribution in [0.3, 0.4) is 0 Å². The van der Waals surface area contributed by atoms with Crippen molar-refractivity contribution in [3.05, 3.63) is 45.3 Å². The molecule has 0 spiro atoms. The topological polar surface area (TPSA) is 97.2 Å². The van der Waals surface area contributed by atoms with Gasteiger partial charge in [-0.25, -0.2) is 4.98 Å². The van der Waals surface area contributed by atoms with Gasteiger partial charge in [-0.1, -0.05) is 18.2 Å². The van der Waals surface area contributed by atoms with Crippen LogP contribution >= 0.6 is 11.8 Å². The number of hydrogen-bond acceptors (Lipinski definition) is 6. The average Bonchev–Trinajstić information content (AvgIpc) is 2.97. The van der Waals surface area contributed by atoms with Gasteiger partial charge in [-0.15, -0.1) is 0 Å². The minimum Gasteiger partial charge on any atom is -0.511 e. The Labute approximate surface area is 153 Å². The summed E-state index contributed by atoms with van der Waals surface area (Å²) < 4.78 is 6.55. The van der Waals surface area contributed by atoms with Crippen LogP contribution in [-0.2, 0) is 16.1 Å². The second-order valence-corrected chi connectivity index (χ2v) is 6.79. The number of aromatic amines is 1. The van der Waals surface area contributed by atoms with E-state index in [4.69, 9.17) is 4.74 Å². The smallest absolute Gasteiger partial charge is 0.278 e. The summed E-state index contributed by atoms with van der Waals surface area (Å²) in [6.45, 7) is 3.40. The van der Waals surface area contributed by atoms with Crippen LogP contribution < -0.4 is 5.56 Å². The molecule has 8 heteroatoms. The molecular weight excluding hydrogens is 354 g/mol. The molecule has 0 aliphatic carbocycles. The van der Waals surface area contributed by atoms with Crippen molar-refractivity contribution < 1.29 is 14.6 Å². The Morgan fingerprint density at radius 2 is 2.08 bits per heavy atom. The number of aromatic nitrogens is 3. The third kappa shape index (κ3) is 3.25. The number of benzene rings is 1. The Hall–Kier alpha value is -2.58. The molecular formula is C18H19N3O4S. The van der Waals surface area contributed by atoms with Crippen LogP contribution in [-0.4, -0.2) is 39.1 Å². The zero-order valence-electron chi connectivity index (χ0n) is 14.7. The number of aliphatic hydroxyl groups is 1. The third-order valence-electron chi connectivity index (χ3n) is 3.94. The summed E-state index contributed by atoms with van der Waals surface area (Å²) in [4.78, 5) is 32.7. The highest BCUT2D eigenvalue weighted by atomic mass is 32.2. The van der Waals surface area contributed by atoms with Crippen LogP contribution in [0, 0.1) is 0 Å². The number of ether oxygens (including phenoxy) is 1. The van der Waals surface area contributed by atoms with Gasteiger partial charge in [-0.2, -0.15) is 0 Å². The maximum absolute atomic E-state index is 13.0. The molecule has 0 aliphatic heterocycles. The van der Waals surface area contributed by atoms with E-state index in [0.29, 0.717) is 22.8 Å². The van der Waals surface area contributed by atoms with Crippen LogP contribution in [0.15, 0.2) is 44.9 Å². The number of para-hydroxylation sites is 1. The van der Waals surface area contributed by atoms with Crippen molar-refractivity contribution in [1.29, 1.82) is 0 Å². The van der Waals surface area contributed by atoms with E-state index in [1.165, 1.54) is 18.4 Å². The molecule has 0 saturated carbocycles. The van der Waals surface area contributed by atoms with Gasteiger partial charge < -0.3 is 14.8 Å². The molecule has 7 nitrogen and oxygen atoms in total. The monoisotopic (exact) mass is 373 g/mol. The first-order valence-electron chi connectivity index (χ1n) is 8.03. The van der Waals surface area contributed by atoms with E-state index < -0.39 is 0 Å². The molecule has 1 aromatic carbocycles. The zero-order valence-corrected chi connectivity index (χ0v) is 15.5. The maximum Gasteiger partial charge on any atom is 0.278 e. The molecule has 0 fully saturated rings. The SMILES string of the molecule is COCCn1c(S/C(C(C)=O)=C(/C)O)nc2c([nH]c3ccccc32)c1=O. The van der Waals surface area contributed by atoms with E-state index in [9.17, 15) is 14.7 Å². The van der Waals surface area contributed by atoms with Crippen molar-refractivity contribution in [3.63, 3.8) is 0 Å². The molecule has 0 saturated heterocycles. The molecule has 2 aromatic heterocycles. The van der Waals surface area contributed by atoms with Crippen LogP contribution in [0.2, 0.25) is 0 Å². The molecule has 0 amide bonds. The van der Waals surface area contributed by atoms with Crippen LogP contribution in [0.1, 0.15) is 13.8 Å². The number of carbonyl (C=O) groups is 1. The highest BCUT2D eigenvalue weighted by Gasteiger charge is 2.19. The molecule has 2 heterocycles. The predicted octanol–water partition coefficient (Wildman–Crippen LogP) is 2.99. The molecule has 136 valence electrons. The van der Waals surface area contributed by atoms with Gasteiger partial charge in [-0.05, 0) is 31.7 Å². The van der Waals surface area contributed by atoms with Crippen molar-refractivity contribution in [2.45, 2.75) is 25.5 Å². The van der Waals surface area contributed by atoms with Gasteiger partial charge >= 0.3 is 0 Å². The first-order valence-corrected chi connectivity index (χ1v) is 8.84. The normalized spacial score (nSPS) is 12.6. The minimum absolute atomic E-state index is 0.103. The number of carbonyl (C=O) groups excluding carboxylic acids is 1. The molecule has 26 heavy (non-hydrogen) atoms. The Morgan fingerprint density at radius 1 is 1.35 bits per heavy atom. The standard InChI is InChI=1S/C18H19N3O4S/c1-10(22)16(11(2)23)26-18-20-14-12-6-4-5-7-13(12)19-15(14)17(24)21(18)8-9-25-3/h4-7,19,22H,8-9H2,1-3H3/b16-10-. The average molecular weight is 373 g/mol. The molecule has 0 bridgehead atoms. The summed E-state index contributed by atoms with van der Waals surface area (Å²) in [5.41, 5.74) is 1.51. The number of nitrogens with zero attached hydrogens (tertiary/aromatic N) is 2. The van der Waals surface area contributed by atoms with E-state index in [-0.39, 0.29) is 28.6 Å². The lowest BCUT2D eigenvalue weighted by molar-refractivity contribution is -0.113. The van der Waals surface area contributed by atoms with E-state index >= 15 is 0 Å². The van der Waals surface area contributed by atoms with Crippen molar-refractivity contribution >= 4 is 39.5 Å². The van der Waals surface area contributed by atoms with Gasteiger partial charge in [0.15, 0.2) is 10.9 Å². The Bertz CT molecular complexity index is 1080. The summed E-state index contributed by atoms with van der Waals surface area (Å²) in [5.74, 6) is -0.393. The zero-order chi connectivity index (χ0) is 18.8. The number of allylic oxidation sites excluding steroid dienone is 2. The highest BCUT2D eigenvalue weighted by Crippen LogP contribution is 2.30. The Morgan fingerprint density at radius 3 is 2.73 bits per heavy atom. The number of fused-ring (bicyclic) bond motifs is 3. The number of hydrogen-bond donors (Lipinski definition) is 2. The van der Waals surface area contributed by atoms with Gasteiger partial charge in [0, 0.05) is 18.0 Å². The summed E-state index contributed by atoms with van der Waals surface area (Å²) in [6.07, 6.45) is 0.